The summed E-state index contributed by atoms with van der Waals surface area (Å²) in [4.78, 5) is 0. The maximum absolute atomic E-state index is 5.15. The molecular formula is C3H9IN2S. The molecule has 0 heterocycles. The van der Waals surface area contributed by atoms with Gasteiger partial charge in [-0.25, -0.2) is 0 Å². The van der Waals surface area contributed by atoms with E-state index in [1.807, 2.05) is 0 Å². The molecule has 0 saturated heterocycles. The molecule has 0 fully saturated rings. The van der Waals surface area contributed by atoms with Crippen LogP contribution in [0, 0.1) is 0 Å². The third-order valence-corrected chi connectivity index (χ3v) is 2.18. The monoisotopic (exact) mass is 232 g/mol. The summed E-state index contributed by atoms with van der Waals surface area (Å²) in [6.07, 6.45) is 0. The van der Waals surface area contributed by atoms with Crippen LogP contribution in [0.2, 0.25) is 0 Å². The van der Waals surface area contributed by atoms with E-state index in [1.54, 1.807) is 8.93 Å². The van der Waals surface area contributed by atoms with Gasteiger partial charge in [0, 0.05) is 19.0 Å². The smallest absolute Gasteiger partial charge is 0.0428 e. The molecule has 0 amide bonds. The van der Waals surface area contributed by atoms with Gasteiger partial charge in [0.05, 0.1) is 0 Å². The summed E-state index contributed by atoms with van der Waals surface area (Å²) < 4.78 is 0. The summed E-state index contributed by atoms with van der Waals surface area (Å²) in [6.45, 7) is 1.61. The zero-order chi connectivity index (χ0) is 5.54. The van der Waals surface area contributed by atoms with Gasteiger partial charge in [0.1, 0.15) is 0 Å². The van der Waals surface area contributed by atoms with Crippen molar-refractivity contribution in [2.45, 2.75) is 0 Å². The summed E-state index contributed by atoms with van der Waals surface area (Å²) in [5.41, 5.74) is 5.15. The lowest BCUT2D eigenvalue weighted by molar-refractivity contribution is 0.749. The van der Waals surface area contributed by atoms with Gasteiger partial charge in [-0.15, -0.1) is 0 Å². The lowest BCUT2D eigenvalue weighted by Gasteiger charge is -1.94. The fourth-order valence-corrected chi connectivity index (χ4v) is 1.09. The van der Waals surface area contributed by atoms with Crippen molar-refractivity contribution in [2.24, 2.45) is 5.73 Å². The Morgan fingerprint density at radius 3 is 2.86 bits per heavy atom. The van der Waals surface area contributed by atoms with Crippen molar-refractivity contribution in [3.05, 3.63) is 0 Å². The molecule has 0 spiro atoms. The van der Waals surface area contributed by atoms with Gasteiger partial charge in [0.25, 0.3) is 0 Å². The average molecular weight is 232 g/mol. The Balaban J connectivity index is 2.45. The molecular weight excluding hydrogens is 223 g/mol. The number of nitrogens with one attached hydrogen (secondary N) is 1. The van der Waals surface area contributed by atoms with E-state index in [-0.39, 0.29) is 0 Å². The fourth-order valence-electron chi connectivity index (χ4n) is 0.213. The second-order valence-corrected chi connectivity index (χ2v) is 3.51. The molecule has 3 N–H and O–H groups in total. The first-order valence-electron chi connectivity index (χ1n) is 2.06. The summed E-state index contributed by atoms with van der Waals surface area (Å²) in [6, 6.07) is 0. The van der Waals surface area contributed by atoms with Gasteiger partial charge in [-0.2, -0.15) is 0 Å². The van der Waals surface area contributed by atoms with Crippen LogP contribution in [0.5, 0.6) is 0 Å². The highest BCUT2D eigenvalue weighted by molar-refractivity contribution is 14.2. The van der Waals surface area contributed by atoms with E-state index in [1.165, 1.54) is 0 Å². The number of nitrogens with two attached hydrogens (primary N) is 1. The lowest BCUT2D eigenvalue weighted by atomic mass is 10.7. The maximum atomic E-state index is 5.15. The van der Waals surface area contributed by atoms with Crippen molar-refractivity contribution in [1.82, 2.24) is 5.32 Å². The van der Waals surface area contributed by atoms with Crippen molar-refractivity contribution < 1.29 is 0 Å². The standard InChI is InChI=1S/C3H9IN2S/c4-7-2-1-6-3-5/h6H,1-3,5H2. The first-order chi connectivity index (χ1) is 3.41. The molecule has 0 aliphatic carbocycles. The van der Waals surface area contributed by atoms with Crippen LogP contribution in [0.25, 0.3) is 0 Å². The largest absolute Gasteiger partial charge is 0.318 e. The number of halogens is 1. The number of hydrogen-bond donors (Lipinski definition) is 2. The van der Waals surface area contributed by atoms with E-state index in [2.05, 4.69) is 26.5 Å². The highest BCUT2D eigenvalue weighted by Crippen LogP contribution is 2.07. The van der Waals surface area contributed by atoms with Crippen LogP contribution in [0.4, 0.5) is 0 Å². The SMILES string of the molecule is NCNCCSI. The van der Waals surface area contributed by atoms with E-state index in [9.17, 15) is 0 Å². The predicted molar refractivity (Wildman–Crippen MR) is 43.5 cm³/mol. The Hall–Kier alpha value is 1.00. The Morgan fingerprint density at radius 2 is 2.43 bits per heavy atom. The number of hydrogen-bond acceptors (Lipinski definition) is 3. The molecule has 0 saturated carbocycles. The van der Waals surface area contributed by atoms with Crippen LogP contribution in [0.1, 0.15) is 0 Å². The molecule has 0 aromatic carbocycles. The van der Waals surface area contributed by atoms with Gasteiger partial charge in [-0.05, 0) is 21.2 Å². The van der Waals surface area contributed by atoms with Crippen LogP contribution in [0.3, 0.4) is 0 Å². The molecule has 0 radical (unpaired) electrons. The molecule has 4 heteroatoms. The first-order valence-corrected chi connectivity index (χ1v) is 5.59. The van der Waals surface area contributed by atoms with Crippen LogP contribution in [-0.4, -0.2) is 19.0 Å². The van der Waals surface area contributed by atoms with E-state index in [4.69, 9.17) is 5.73 Å². The Labute approximate surface area is 60.2 Å². The minimum atomic E-state index is 0.594. The third kappa shape index (κ3) is 7.00. The Kier molecular flexibility index (Phi) is 8.00. The molecule has 2 nitrogen and oxygen atoms in total. The van der Waals surface area contributed by atoms with Gasteiger partial charge in [-0.3, -0.25) is 0 Å². The average Bonchev–Trinajstić information content (AvgIpc) is 1.69. The second-order valence-electron chi connectivity index (χ2n) is 1.02. The van der Waals surface area contributed by atoms with Gasteiger partial charge in [-0.1, -0.05) is 8.93 Å². The minimum absolute atomic E-state index is 0.594. The lowest BCUT2D eigenvalue weighted by Crippen LogP contribution is -2.24. The van der Waals surface area contributed by atoms with Crippen LogP contribution < -0.4 is 11.1 Å². The van der Waals surface area contributed by atoms with Crippen molar-refractivity contribution in [1.29, 1.82) is 0 Å². The Morgan fingerprint density at radius 1 is 1.71 bits per heavy atom. The van der Waals surface area contributed by atoms with E-state index in [0.29, 0.717) is 6.67 Å². The molecule has 0 unspecified atom stereocenters. The molecule has 0 aliphatic heterocycles. The summed E-state index contributed by atoms with van der Waals surface area (Å²) in [7, 11) is 1.79. The van der Waals surface area contributed by atoms with E-state index >= 15 is 0 Å². The molecule has 44 valence electrons. The Bertz CT molecular complexity index is 32.1. The zero-order valence-electron chi connectivity index (χ0n) is 3.98. The van der Waals surface area contributed by atoms with Crippen molar-refractivity contribution in [3.8, 4) is 0 Å². The molecule has 0 aromatic rings. The molecule has 0 aromatic heterocycles. The predicted octanol–water partition coefficient (Wildman–Crippen LogP) is 0.575. The van der Waals surface area contributed by atoms with Crippen LogP contribution in [-0.2, 0) is 0 Å². The topological polar surface area (TPSA) is 38.0 Å². The van der Waals surface area contributed by atoms with E-state index < -0.39 is 0 Å². The normalized spacial score (nSPS) is 9.43. The zero-order valence-corrected chi connectivity index (χ0v) is 6.96. The van der Waals surface area contributed by atoms with Gasteiger partial charge >= 0.3 is 0 Å². The van der Waals surface area contributed by atoms with Crippen molar-refractivity contribution in [3.63, 3.8) is 0 Å². The molecule has 0 rings (SSSR count). The third-order valence-electron chi connectivity index (χ3n) is 0.500. The molecule has 0 bridgehead atoms. The highest BCUT2D eigenvalue weighted by Gasteiger charge is 1.78. The first kappa shape index (κ1) is 8.00. The molecule has 0 atom stereocenters. The molecule has 7 heavy (non-hydrogen) atoms. The van der Waals surface area contributed by atoms with Gasteiger partial charge in [0.2, 0.25) is 0 Å². The summed E-state index contributed by atoms with van der Waals surface area (Å²) in [5, 5.41) is 3.00. The van der Waals surface area contributed by atoms with Crippen molar-refractivity contribution in [2.75, 3.05) is 19.0 Å². The van der Waals surface area contributed by atoms with Gasteiger partial charge < -0.3 is 11.1 Å². The van der Waals surface area contributed by atoms with Crippen molar-refractivity contribution >= 4 is 30.1 Å². The summed E-state index contributed by atoms with van der Waals surface area (Å²) in [5.74, 6) is 1.14. The maximum Gasteiger partial charge on any atom is 0.0428 e. The van der Waals surface area contributed by atoms with Crippen LogP contribution in [0.15, 0.2) is 0 Å². The highest BCUT2D eigenvalue weighted by atomic mass is 127. The van der Waals surface area contributed by atoms with Crippen LogP contribution >= 0.6 is 30.1 Å². The quantitative estimate of drug-likeness (QED) is 0.423. The molecule has 0 aliphatic rings. The second kappa shape index (κ2) is 7.00. The fraction of sp³-hybridized carbons (Fsp3) is 1.00. The minimum Gasteiger partial charge on any atom is -0.318 e. The van der Waals surface area contributed by atoms with Gasteiger partial charge in [0.15, 0.2) is 0 Å². The van der Waals surface area contributed by atoms with E-state index in [0.717, 1.165) is 12.3 Å². The number of rotatable bonds is 4. The summed E-state index contributed by atoms with van der Waals surface area (Å²) >= 11 is 2.26.